The van der Waals surface area contributed by atoms with Gasteiger partial charge in [-0.25, -0.2) is 9.97 Å². The first-order valence-electron chi connectivity index (χ1n) is 6.74. The number of aromatic nitrogens is 3. The number of nitrogens with zero attached hydrogens (tertiary/aromatic N) is 4. The first kappa shape index (κ1) is 14.1. The maximum absolute atomic E-state index is 12.6. The zero-order chi connectivity index (χ0) is 14.8. The van der Waals surface area contributed by atoms with Crippen molar-refractivity contribution < 1.29 is 9.53 Å². The highest BCUT2D eigenvalue weighted by Crippen LogP contribution is 2.26. The number of hydrogen-bond acceptors (Lipinski definition) is 6. The van der Waals surface area contributed by atoms with Crippen molar-refractivity contribution in [2.45, 2.75) is 19.9 Å². The van der Waals surface area contributed by atoms with Crippen molar-refractivity contribution in [1.29, 1.82) is 0 Å². The van der Waals surface area contributed by atoms with Gasteiger partial charge in [0, 0.05) is 18.1 Å². The van der Waals surface area contributed by atoms with Gasteiger partial charge >= 0.3 is 0 Å². The van der Waals surface area contributed by atoms with E-state index in [0.29, 0.717) is 25.5 Å². The summed E-state index contributed by atoms with van der Waals surface area (Å²) in [5.41, 5.74) is 2.03. The van der Waals surface area contributed by atoms with E-state index in [0.717, 1.165) is 16.4 Å². The summed E-state index contributed by atoms with van der Waals surface area (Å²) < 4.78 is 5.52. The molecule has 7 heteroatoms. The molecule has 0 bridgehead atoms. The van der Waals surface area contributed by atoms with E-state index in [1.807, 2.05) is 19.2 Å². The number of carbonyl (C=O) groups is 1. The van der Waals surface area contributed by atoms with Crippen molar-refractivity contribution in [3.8, 4) is 0 Å². The second-order valence-electron chi connectivity index (χ2n) is 4.92. The van der Waals surface area contributed by atoms with Crippen LogP contribution in [0, 0.1) is 13.8 Å². The van der Waals surface area contributed by atoms with E-state index in [1.54, 1.807) is 22.4 Å². The Labute approximate surface area is 126 Å². The van der Waals surface area contributed by atoms with Crippen LogP contribution in [-0.2, 0) is 4.74 Å². The second kappa shape index (κ2) is 5.87. The van der Waals surface area contributed by atoms with Crippen molar-refractivity contribution in [2.24, 2.45) is 0 Å². The summed E-state index contributed by atoms with van der Waals surface area (Å²) in [7, 11) is 0. The Morgan fingerprint density at radius 2 is 2.24 bits per heavy atom. The van der Waals surface area contributed by atoms with Crippen LogP contribution in [0.1, 0.15) is 32.9 Å². The van der Waals surface area contributed by atoms with E-state index in [-0.39, 0.29) is 11.9 Å². The van der Waals surface area contributed by atoms with Crippen molar-refractivity contribution in [3.63, 3.8) is 0 Å². The fraction of sp³-hybridized carbons (Fsp3) is 0.429. The highest BCUT2D eigenvalue weighted by Gasteiger charge is 2.31. The quantitative estimate of drug-likeness (QED) is 0.845. The summed E-state index contributed by atoms with van der Waals surface area (Å²) in [5.74, 6) is -0.124. The van der Waals surface area contributed by atoms with Gasteiger partial charge in [0.05, 0.1) is 41.8 Å². The van der Waals surface area contributed by atoms with Crippen LogP contribution in [0.2, 0.25) is 0 Å². The zero-order valence-electron chi connectivity index (χ0n) is 11.9. The van der Waals surface area contributed by atoms with E-state index in [1.165, 1.54) is 6.20 Å². The van der Waals surface area contributed by atoms with Crippen LogP contribution in [0.5, 0.6) is 0 Å². The molecule has 0 saturated carbocycles. The molecule has 3 rings (SSSR count). The van der Waals surface area contributed by atoms with Crippen LogP contribution < -0.4 is 0 Å². The number of morpholine rings is 1. The van der Waals surface area contributed by atoms with Crippen LogP contribution in [0.4, 0.5) is 0 Å². The molecule has 1 aliphatic rings. The van der Waals surface area contributed by atoms with Gasteiger partial charge < -0.3 is 9.64 Å². The Morgan fingerprint density at radius 1 is 1.38 bits per heavy atom. The molecule has 0 N–H and O–H groups in total. The minimum absolute atomic E-state index is 0.124. The first-order chi connectivity index (χ1) is 10.1. The lowest BCUT2D eigenvalue weighted by molar-refractivity contribution is -0.00409. The lowest BCUT2D eigenvalue weighted by Crippen LogP contribution is -2.43. The molecule has 0 radical (unpaired) electrons. The molecule has 1 fully saturated rings. The van der Waals surface area contributed by atoms with Gasteiger partial charge in [-0.2, -0.15) is 0 Å². The van der Waals surface area contributed by atoms with Gasteiger partial charge in [-0.15, -0.1) is 11.3 Å². The number of thiazole rings is 1. The number of ether oxygens (including phenoxy) is 1. The standard InChI is InChI=1S/C14H16N4O2S/c1-9-5-16-11(6-15-9)14(19)18-3-4-20-7-13(18)12-8-21-10(2)17-12/h5-6,8,13H,3-4,7H2,1-2H3. The average Bonchev–Trinajstić information content (AvgIpc) is 2.94. The first-order valence-corrected chi connectivity index (χ1v) is 7.62. The Hall–Kier alpha value is -1.86. The van der Waals surface area contributed by atoms with Crippen LogP contribution in [-0.4, -0.2) is 45.5 Å². The molecule has 2 aromatic rings. The van der Waals surface area contributed by atoms with E-state index >= 15 is 0 Å². The van der Waals surface area contributed by atoms with Gasteiger partial charge in [0.2, 0.25) is 0 Å². The van der Waals surface area contributed by atoms with Gasteiger partial charge in [-0.3, -0.25) is 9.78 Å². The normalized spacial score (nSPS) is 18.8. The molecule has 6 nitrogen and oxygen atoms in total. The Morgan fingerprint density at radius 3 is 2.90 bits per heavy atom. The van der Waals surface area contributed by atoms with Crippen molar-refractivity contribution in [1.82, 2.24) is 19.9 Å². The highest BCUT2D eigenvalue weighted by molar-refractivity contribution is 7.09. The van der Waals surface area contributed by atoms with Crippen molar-refractivity contribution in [2.75, 3.05) is 19.8 Å². The summed E-state index contributed by atoms with van der Waals surface area (Å²) in [5, 5.41) is 2.97. The van der Waals surface area contributed by atoms with E-state index in [9.17, 15) is 4.79 Å². The van der Waals surface area contributed by atoms with Crippen molar-refractivity contribution >= 4 is 17.2 Å². The third-order valence-corrected chi connectivity index (χ3v) is 4.16. The molecule has 1 saturated heterocycles. The number of hydrogen-bond donors (Lipinski definition) is 0. The number of aryl methyl sites for hydroxylation is 2. The summed E-state index contributed by atoms with van der Waals surface area (Å²) in [6, 6.07) is -0.153. The SMILES string of the molecule is Cc1cnc(C(=O)N2CCOCC2c2csc(C)n2)cn1. The van der Waals surface area contributed by atoms with E-state index in [2.05, 4.69) is 15.0 Å². The maximum atomic E-state index is 12.6. The summed E-state index contributed by atoms with van der Waals surface area (Å²) in [6.07, 6.45) is 3.13. The van der Waals surface area contributed by atoms with Crippen LogP contribution in [0.15, 0.2) is 17.8 Å². The predicted octanol–water partition coefficient (Wildman–Crippen LogP) is 1.76. The van der Waals surface area contributed by atoms with Gasteiger partial charge in [0.15, 0.2) is 0 Å². The third-order valence-electron chi connectivity index (χ3n) is 3.37. The molecule has 1 aliphatic heterocycles. The van der Waals surface area contributed by atoms with E-state index in [4.69, 9.17) is 4.74 Å². The largest absolute Gasteiger partial charge is 0.377 e. The number of carbonyl (C=O) groups excluding carboxylic acids is 1. The maximum Gasteiger partial charge on any atom is 0.274 e. The second-order valence-corrected chi connectivity index (χ2v) is 5.99. The summed E-state index contributed by atoms with van der Waals surface area (Å²) in [4.78, 5) is 27.2. The van der Waals surface area contributed by atoms with Gasteiger partial charge in [0.25, 0.3) is 5.91 Å². The minimum atomic E-state index is -0.153. The highest BCUT2D eigenvalue weighted by atomic mass is 32.1. The van der Waals surface area contributed by atoms with Crippen LogP contribution in [0.3, 0.4) is 0 Å². The topological polar surface area (TPSA) is 68.2 Å². The molecular formula is C14H16N4O2S. The van der Waals surface area contributed by atoms with Crippen LogP contribution in [0.25, 0.3) is 0 Å². The van der Waals surface area contributed by atoms with Gasteiger partial charge in [-0.1, -0.05) is 0 Å². The molecule has 1 amide bonds. The molecule has 0 aliphatic carbocycles. The fourth-order valence-electron chi connectivity index (χ4n) is 2.28. The fourth-order valence-corrected chi connectivity index (χ4v) is 2.93. The van der Waals surface area contributed by atoms with Crippen LogP contribution >= 0.6 is 11.3 Å². The monoisotopic (exact) mass is 304 g/mol. The van der Waals surface area contributed by atoms with Crippen molar-refractivity contribution in [3.05, 3.63) is 39.9 Å². The molecule has 2 aromatic heterocycles. The molecule has 1 unspecified atom stereocenters. The summed E-state index contributed by atoms with van der Waals surface area (Å²) >= 11 is 1.58. The van der Waals surface area contributed by atoms with Gasteiger partial charge in [-0.05, 0) is 13.8 Å². The zero-order valence-corrected chi connectivity index (χ0v) is 12.8. The Balaban J connectivity index is 1.87. The Bertz CT molecular complexity index is 641. The molecule has 0 spiro atoms. The summed E-state index contributed by atoms with van der Waals surface area (Å²) in [6.45, 7) is 5.33. The van der Waals surface area contributed by atoms with E-state index < -0.39 is 0 Å². The third kappa shape index (κ3) is 2.93. The molecule has 3 heterocycles. The molecule has 110 valence electrons. The molecule has 1 atom stereocenters. The Kier molecular flexibility index (Phi) is 3.94. The predicted molar refractivity (Wildman–Crippen MR) is 78.2 cm³/mol. The molecular weight excluding hydrogens is 288 g/mol. The number of rotatable bonds is 2. The smallest absolute Gasteiger partial charge is 0.274 e. The average molecular weight is 304 g/mol. The van der Waals surface area contributed by atoms with Gasteiger partial charge in [0.1, 0.15) is 5.69 Å². The lowest BCUT2D eigenvalue weighted by atomic mass is 10.1. The molecule has 21 heavy (non-hydrogen) atoms. The minimum Gasteiger partial charge on any atom is -0.377 e. The molecule has 0 aromatic carbocycles. The lowest BCUT2D eigenvalue weighted by Gasteiger charge is -2.34. The number of amides is 1.